The predicted molar refractivity (Wildman–Crippen MR) is 61.7 cm³/mol. The number of carbonyl (C=O) groups excluding carboxylic acids is 1. The van der Waals surface area contributed by atoms with Crippen molar-refractivity contribution in [1.29, 1.82) is 0 Å². The van der Waals surface area contributed by atoms with Crippen molar-refractivity contribution in [2.45, 2.75) is 25.7 Å². The molecule has 1 amide bonds. The summed E-state index contributed by atoms with van der Waals surface area (Å²) >= 11 is 0. The first-order valence-corrected chi connectivity index (χ1v) is 6.11. The lowest BCUT2D eigenvalue weighted by molar-refractivity contribution is -0.139. The predicted octanol–water partition coefficient (Wildman–Crippen LogP) is 1.28. The first kappa shape index (κ1) is 11.5. The van der Waals surface area contributed by atoms with E-state index in [0.717, 1.165) is 26.0 Å². The van der Waals surface area contributed by atoms with E-state index in [1.54, 1.807) is 0 Å². The number of hydrogen-bond acceptors (Lipinski definition) is 2. The normalized spacial score (nSPS) is 24.8. The fraction of sp³-hybridized carbons (Fsp3) is 0.769. The van der Waals surface area contributed by atoms with Crippen molar-refractivity contribution in [3.63, 3.8) is 0 Å². The third kappa shape index (κ3) is 2.99. The maximum Gasteiger partial charge on any atom is 0.228 e. The highest BCUT2D eigenvalue weighted by molar-refractivity contribution is 5.79. The molecular weight excluding hydrogens is 202 g/mol. The van der Waals surface area contributed by atoms with Crippen LogP contribution in [0, 0.1) is 24.2 Å². The van der Waals surface area contributed by atoms with Gasteiger partial charge in [0, 0.05) is 13.2 Å². The van der Waals surface area contributed by atoms with Gasteiger partial charge in [0.05, 0.1) is 19.1 Å². The average molecular weight is 221 g/mol. The van der Waals surface area contributed by atoms with E-state index in [1.807, 2.05) is 4.90 Å². The van der Waals surface area contributed by atoms with Crippen LogP contribution in [-0.2, 0) is 9.53 Å². The highest BCUT2D eigenvalue weighted by Crippen LogP contribution is 2.30. The number of hydrogen-bond donors (Lipinski definition) is 0. The summed E-state index contributed by atoms with van der Waals surface area (Å²) in [5.74, 6) is 3.52. The van der Waals surface area contributed by atoms with Crippen molar-refractivity contribution in [3.8, 4) is 12.3 Å². The monoisotopic (exact) mass is 221 g/mol. The number of amides is 1. The fourth-order valence-corrected chi connectivity index (χ4v) is 2.15. The van der Waals surface area contributed by atoms with Crippen molar-refractivity contribution >= 4 is 5.91 Å². The molecule has 0 radical (unpaired) electrons. The van der Waals surface area contributed by atoms with E-state index in [0.29, 0.717) is 19.1 Å². The van der Waals surface area contributed by atoms with Crippen molar-refractivity contribution in [3.05, 3.63) is 0 Å². The van der Waals surface area contributed by atoms with E-state index in [9.17, 15) is 4.79 Å². The van der Waals surface area contributed by atoms with E-state index in [4.69, 9.17) is 11.2 Å². The maximum atomic E-state index is 12.2. The van der Waals surface area contributed by atoms with Crippen molar-refractivity contribution in [2.75, 3.05) is 26.3 Å². The van der Waals surface area contributed by atoms with Gasteiger partial charge in [0.15, 0.2) is 0 Å². The quantitative estimate of drug-likeness (QED) is 0.669. The molecule has 3 heteroatoms. The summed E-state index contributed by atoms with van der Waals surface area (Å²) in [6.07, 6.45) is 9.75. The SMILES string of the molecule is C#CCN(CC1CC1)C(=O)C1CCCOC1. The summed E-state index contributed by atoms with van der Waals surface area (Å²) in [4.78, 5) is 14.0. The van der Waals surface area contributed by atoms with E-state index < -0.39 is 0 Å². The smallest absolute Gasteiger partial charge is 0.228 e. The third-order valence-corrected chi connectivity index (χ3v) is 3.28. The molecule has 1 aliphatic carbocycles. The molecule has 1 saturated carbocycles. The fourth-order valence-electron chi connectivity index (χ4n) is 2.15. The zero-order valence-corrected chi connectivity index (χ0v) is 9.65. The maximum absolute atomic E-state index is 12.2. The first-order chi connectivity index (χ1) is 7.81. The lowest BCUT2D eigenvalue weighted by Crippen LogP contribution is -2.40. The Kier molecular flexibility index (Phi) is 3.84. The zero-order valence-electron chi connectivity index (χ0n) is 9.65. The Bertz CT molecular complexity index is 285. The van der Waals surface area contributed by atoms with Gasteiger partial charge in [0.2, 0.25) is 5.91 Å². The molecule has 2 aliphatic rings. The average Bonchev–Trinajstić information content (AvgIpc) is 3.13. The molecule has 0 aromatic carbocycles. The minimum atomic E-state index is 0.0425. The minimum absolute atomic E-state index is 0.0425. The van der Waals surface area contributed by atoms with Gasteiger partial charge in [-0.1, -0.05) is 5.92 Å². The van der Waals surface area contributed by atoms with Gasteiger partial charge in [0.1, 0.15) is 0 Å². The van der Waals surface area contributed by atoms with E-state index in [-0.39, 0.29) is 11.8 Å². The number of carbonyl (C=O) groups is 1. The zero-order chi connectivity index (χ0) is 11.4. The van der Waals surface area contributed by atoms with Crippen LogP contribution < -0.4 is 0 Å². The Balaban J connectivity index is 1.89. The van der Waals surface area contributed by atoms with Crippen LogP contribution >= 0.6 is 0 Å². The molecule has 3 nitrogen and oxygen atoms in total. The van der Waals surface area contributed by atoms with Gasteiger partial charge in [-0.3, -0.25) is 4.79 Å². The van der Waals surface area contributed by atoms with Crippen LogP contribution in [0.1, 0.15) is 25.7 Å². The Morgan fingerprint density at radius 3 is 2.81 bits per heavy atom. The second-order valence-corrected chi connectivity index (χ2v) is 4.78. The van der Waals surface area contributed by atoms with Gasteiger partial charge in [-0.15, -0.1) is 6.42 Å². The van der Waals surface area contributed by atoms with Crippen molar-refractivity contribution in [2.24, 2.45) is 11.8 Å². The van der Waals surface area contributed by atoms with Crippen LogP contribution in [0.25, 0.3) is 0 Å². The van der Waals surface area contributed by atoms with Gasteiger partial charge < -0.3 is 9.64 Å². The molecule has 1 unspecified atom stereocenters. The molecule has 1 aliphatic heterocycles. The van der Waals surface area contributed by atoms with Crippen molar-refractivity contribution in [1.82, 2.24) is 4.90 Å². The summed E-state index contributed by atoms with van der Waals surface area (Å²) in [7, 11) is 0. The van der Waals surface area contributed by atoms with Gasteiger partial charge >= 0.3 is 0 Å². The van der Waals surface area contributed by atoms with Crippen LogP contribution in [0.3, 0.4) is 0 Å². The van der Waals surface area contributed by atoms with Crippen molar-refractivity contribution < 1.29 is 9.53 Å². The molecule has 0 aromatic rings. The second-order valence-electron chi connectivity index (χ2n) is 4.78. The van der Waals surface area contributed by atoms with Crippen LogP contribution in [-0.4, -0.2) is 37.1 Å². The molecule has 0 spiro atoms. The minimum Gasteiger partial charge on any atom is -0.381 e. The summed E-state index contributed by atoms with van der Waals surface area (Å²) in [5, 5.41) is 0. The summed E-state index contributed by atoms with van der Waals surface area (Å²) < 4.78 is 5.35. The van der Waals surface area contributed by atoms with Crippen LogP contribution in [0.5, 0.6) is 0 Å². The lowest BCUT2D eigenvalue weighted by atomic mass is 10.0. The molecule has 0 N–H and O–H groups in total. The number of terminal acetylenes is 1. The topological polar surface area (TPSA) is 29.5 Å². The van der Waals surface area contributed by atoms with E-state index in [2.05, 4.69) is 5.92 Å². The van der Waals surface area contributed by atoms with Gasteiger partial charge in [0.25, 0.3) is 0 Å². The lowest BCUT2D eigenvalue weighted by Gasteiger charge is -2.28. The van der Waals surface area contributed by atoms with E-state index >= 15 is 0 Å². The standard InChI is InChI=1S/C13H19NO2/c1-2-7-14(9-11-5-6-11)13(15)12-4-3-8-16-10-12/h1,11-12H,3-10H2. The highest BCUT2D eigenvalue weighted by Gasteiger charge is 2.30. The Morgan fingerprint density at radius 2 is 2.25 bits per heavy atom. The van der Waals surface area contributed by atoms with Gasteiger partial charge in [-0.05, 0) is 31.6 Å². The van der Waals surface area contributed by atoms with Gasteiger partial charge in [-0.25, -0.2) is 0 Å². The molecule has 0 aromatic heterocycles. The molecule has 16 heavy (non-hydrogen) atoms. The summed E-state index contributed by atoms with van der Waals surface area (Å²) in [6, 6.07) is 0. The van der Waals surface area contributed by atoms with Crippen LogP contribution in [0.15, 0.2) is 0 Å². The molecule has 2 fully saturated rings. The molecule has 0 bridgehead atoms. The van der Waals surface area contributed by atoms with Crippen LogP contribution in [0.2, 0.25) is 0 Å². The second kappa shape index (κ2) is 5.36. The molecule has 88 valence electrons. The molecule has 1 saturated heterocycles. The molecular formula is C13H19NO2. The van der Waals surface area contributed by atoms with E-state index in [1.165, 1.54) is 12.8 Å². The molecule has 1 heterocycles. The Morgan fingerprint density at radius 1 is 1.44 bits per heavy atom. The number of ether oxygens (including phenoxy) is 1. The van der Waals surface area contributed by atoms with Gasteiger partial charge in [-0.2, -0.15) is 0 Å². The molecule has 1 atom stereocenters. The summed E-state index contributed by atoms with van der Waals surface area (Å²) in [6.45, 7) is 2.66. The Labute approximate surface area is 97.1 Å². The molecule has 2 rings (SSSR count). The number of rotatable bonds is 4. The highest BCUT2D eigenvalue weighted by atomic mass is 16.5. The number of nitrogens with zero attached hydrogens (tertiary/aromatic N) is 1. The largest absolute Gasteiger partial charge is 0.381 e. The van der Waals surface area contributed by atoms with Crippen LogP contribution in [0.4, 0.5) is 0 Å². The Hall–Kier alpha value is -1.01. The first-order valence-electron chi connectivity index (χ1n) is 6.11. The summed E-state index contributed by atoms with van der Waals surface area (Å²) in [5.41, 5.74) is 0. The third-order valence-electron chi connectivity index (χ3n) is 3.28.